The van der Waals surface area contributed by atoms with Gasteiger partial charge in [-0.2, -0.15) is 0 Å². The summed E-state index contributed by atoms with van der Waals surface area (Å²) in [5.41, 5.74) is 8.82. The van der Waals surface area contributed by atoms with E-state index >= 15 is 0 Å². The molecule has 1 aromatic heterocycles. The molecule has 0 aliphatic rings. The topological polar surface area (TPSA) is 48.1 Å². The fourth-order valence-corrected chi connectivity index (χ4v) is 2.61. The maximum Gasteiger partial charge on any atom is 0.142 e. The Morgan fingerprint density at radius 1 is 1.33 bits per heavy atom. The van der Waals surface area contributed by atoms with Crippen LogP contribution in [0.5, 0.6) is 5.75 Å². The smallest absolute Gasteiger partial charge is 0.142 e. The van der Waals surface area contributed by atoms with Crippen LogP contribution in [0, 0.1) is 12.7 Å². The number of methoxy groups -OCH3 is 1. The average molecular weight is 309 g/mol. The molecule has 21 heavy (non-hydrogen) atoms. The van der Waals surface area contributed by atoms with Gasteiger partial charge in [-0.15, -0.1) is 0 Å². The molecule has 0 atom stereocenters. The van der Waals surface area contributed by atoms with Gasteiger partial charge in [0.05, 0.1) is 13.3 Å². The molecule has 0 unspecified atom stereocenters. The highest BCUT2D eigenvalue weighted by Crippen LogP contribution is 2.40. The molecule has 2 rings (SSSR count). The standard InChI is InChI=1S/C16H18ClFN2O/c1-10-14(17)7-11(4-3-5-19)16(21-2)15(10)12-6-13(18)9-20-8-12/h6-9H,3-5,19H2,1-2H3. The van der Waals surface area contributed by atoms with Crippen LogP contribution >= 0.6 is 11.6 Å². The summed E-state index contributed by atoms with van der Waals surface area (Å²) in [5.74, 6) is 0.315. The third-order valence-corrected chi connectivity index (χ3v) is 3.79. The summed E-state index contributed by atoms with van der Waals surface area (Å²) in [6.45, 7) is 2.48. The molecule has 112 valence electrons. The van der Waals surface area contributed by atoms with E-state index in [9.17, 15) is 4.39 Å². The van der Waals surface area contributed by atoms with Crippen molar-refractivity contribution in [2.45, 2.75) is 19.8 Å². The Balaban J connectivity index is 2.65. The highest BCUT2D eigenvalue weighted by atomic mass is 35.5. The molecule has 2 N–H and O–H groups in total. The molecule has 0 amide bonds. The van der Waals surface area contributed by atoms with E-state index in [2.05, 4.69) is 4.98 Å². The first kappa shape index (κ1) is 15.7. The van der Waals surface area contributed by atoms with Crippen molar-refractivity contribution in [1.82, 2.24) is 4.98 Å². The highest BCUT2D eigenvalue weighted by Gasteiger charge is 2.17. The lowest BCUT2D eigenvalue weighted by atomic mass is 9.95. The van der Waals surface area contributed by atoms with Crippen LogP contribution in [-0.4, -0.2) is 18.6 Å². The summed E-state index contributed by atoms with van der Waals surface area (Å²) in [4.78, 5) is 3.90. The average Bonchev–Trinajstić information content (AvgIpc) is 2.47. The summed E-state index contributed by atoms with van der Waals surface area (Å²) >= 11 is 6.32. The van der Waals surface area contributed by atoms with E-state index in [0.717, 1.165) is 29.5 Å². The second kappa shape index (κ2) is 6.87. The summed E-state index contributed by atoms with van der Waals surface area (Å²) in [6, 6.07) is 3.32. The van der Waals surface area contributed by atoms with Gasteiger partial charge in [0, 0.05) is 22.3 Å². The number of pyridine rings is 1. The van der Waals surface area contributed by atoms with Crippen molar-refractivity contribution in [2.75, 3.05) is 13.7 Å². The molecule has 0 saturated heterocycles. The Labute approximate surface area is 128 Å². The zero-order chi connectivity index (χ0) is 15.4. The number of nitrogens with two attached hydrogens (primary N) is 1. The quantitative estimate of drug-likeness (QED) is 0.915. The fourth-order valence-electron chi connectivity index (χ4n) is 2.38. The van der Waals surface area contributed by atoms with Crippen LogP contribution in [0.25, 0.3) is 11.1 Å². The number of aromatic nitrogens is 1. The normalized spacial score (nSPS) is 10.7. The molecule has 0 fully saturated rings. The van der Waals surface area contributed by atoms with E-state index < -0.39 is 5.82 Å². The predicted octanol–water partition coefficient (Wildman–Crippen LogP) is 3.75. The van der Waals surface area contributed by atoms with Crippen LogP contribution in [-0.2, 0) is 6.42 Å². The number of ether oxygens (including phenoxy) is 1. The fraction of sp³-hybridized carbons (Fsp3) is 0.312. The summed E-state index contributed by atoms with van der Waals surface area (Å²) in [6.07, 6.45) is 4.37. The van der Waals surface area contributed by atoms with Gasteiger partial charge in [0.2, 0.25) is 0 Å². The Hall–Kier alpha value is -1.65. The van der Waals surface area contributed by atoms with Gasteiger partial charge in [-0.1, -0.05) is 11.6 Å². The SMILES string of the molecule is COc1c(CCCN)cc(Cl)c(C)c1-c1cncc(F)c1. The molecule has 0 saturated carbocycles. The van der Waals surface area contributed by atoms with Gasteiger partial charge in [0.1, 0.15) is 11.6 Å². The van der Waals surface area contributed by atoms with Gasteiger partial charge in [-0.3, -0.25) is 4.98 Å². The summed E-state index contributed by atoms with van der Waals surface area (Å²) in [7, 11) is 1.60. The second-order valence-electron chi connectivity index (χ2n) is 4.83. The number of benzene rings is 1. The van der Waals surface area contributed by atoms with Crippen molar-refractivity contribution in [2.24, 2.45) is 5.73 Å². The second-order valence-corrected chi connectivity index (χ2v) is 5.24. The first-order chi connectivity index (χ1) is 10.1. The van der Waals surface area contributed by atoms with E-state index in [1.165, 1.54) is 12.3 Å². The molecule has 0 aliphatic heterocycles. The van der Waals surface area contributed by atoms with E-state index in [4.69, 9.17) is 22.1 Å². The molecule has 0 aliphatic carbocycles. The molecule has 1 heterocycles. The van der Waals surface area contributed by atoms with Crippen LogP contribution in [0.3, 0.4) is 0 Å². The lowest BCUT2D eigenvalue weighted by Gasteiger charge is -2.17. The lowest BCUT2D eigenvalue weighted by molar-refractivity contribution is 0.410. The van der Waals surface area contributed by atoms with Gasteiger partial charge < -0.3 is 10.5 Å². The van der Waals surface area contributed by atoms with E-state index in [0.29, 0.717) is 22.9 Å². The number of nitrogens with zero attached hydrogens (tertiary/aromatic N) is 1. The minimum atomic E-state index is -0.391. The van der Waals surface area contributed by atoms with Gasteiger partial charge in [0.15, 0.2) is 0 Å². The Bertz CT molecular complexity index is 646. The minimum Gasteiger partial charge on any atom is -0.496 e. The van der Waals surface area contributed by atoms with E-state index in [1.54, 1.807) is 13.3 Å². The van der Waals surface area contributed by atoms with Crippen molar-refractivity contribution >= 4 is 11.6 Å². The molecule has 1 aromatic carbocycles. The van der Waals surface area contributed by atoms with Crippen LogP contribution in [0.1, 0.15) is 17.5 Å². The Kier molecular flexibility index (Phi) is 5.15. The van der Waals surface area contributed by atoms with Crippen molar-refractivity contribution in [3.63, 3.8) is 0 Å². The monoisotopic (exact) mass is 308 g/mol. The van der Waals surface area contributed by atoms with E-state index in [-0.39, 0.29) is 0 Å². The van der Waals surface area contributed by atoms with Crippen molar-refractivity contribution < 1.29 is 9.13 Å². The van der Waals surface area contributed by atoms with Crippen molar-refractivity contribution in [1.29, 1.82) is 0 Å². The minimum absolute atomic E-state index is 0.391. The zero-order valence-electron chi connectivity index (χ0n) is 12.1. The molecule has 0 bridgehead atoms. The van der Waals surface area contributed by atoms with Gasteiger partial charge in [0.25, 0.3) is 0 Å². The van der Waals surface area contributed by atoms with Gasteiger partial charge in [-0.25, -0.2) is 4.39 Å². The third-order valence-electron chi connectivity index (χ3n) is 3.40. The third kappa shape index (κ3) is 3.34. The number of halogens is 2. The number of rotatable bonds is 5. The van der Waals surface area contributed by atoms with Gasteiger partial charge in [-0.05, 0) is 49.6 Å². The molecule has 2 aromatic rings. The van der Waals surface area contributed by atoms with Crippen LogP contribution in [0.15, 0.2) is 24.5 Å². The maximum absolute atomic E-state index is 13.5. The molecule has 3 nitrogen and oxygen atoms in total. The first-order valence-corrected chi connectivity index (χ1v) is 7.13. The van der Waals surface area contributed by atoms with Crippen LogP contribution < -0.4 is 10.5 Å². The molecular formula is C16H18ClFN2O. The zero-order valence-corrected chi connectivity index (χ0v) is 12.9. The predicted molar refractivity (Wildman–Crippen MR) is 83.3 cm³/mol. The van der Waals surface area contributed by atoms with E-state index in [1.807, 2.05) is 13.0 Å². The Morgan fingerprint density at radius 2 is 2.10 bits per heavy atom. The molecular weight excluding hydrogens is 291 g/mol. The van der Waals surface area contributed by atoms with Crippen molar-refractivity contribution in [3.8, 4) is 16.9 Å². The number of hydrogen-bond donors (Lipinski definition) is 1. The van der Waals surface area contributed by atoms with Crippen molar-refractivity contribution in [3.05, 3.63) is 46.5 Å². The highest BCUT2D eigenvalue weighted by molar-refractivity contribution is 6.32. The summed E-state index contributed by atoms with van der Waals surface area (Å²) in [5, 5.41) is 0.627. The largest absolute Gasteiger partial charge is 0.496 e. The van der Waals surface area contributed by atoms with Crippen LogP contribution in [0.4, 0.5) is 4.39 Å². The first-order valence-electron chi connectivity index (χ1n) is 6.75. The van der Waals surface area contributed by atoms with Gasteiger partial charge >= 0.3 is 0 Å². The Morgan fingerprint density at radius 3 is 2.71 bits per heavy atom. The maximum atomic E-state index is 13.5. The van der Waals surface area contributed by atoms with Crippen LogP contribution in [0.2, 0.25) is 5.02 Å². The molecule has 5 heteroatoms. The molecule has 0 spiro atoms. The number of hydrogen-bond acceptors (Lipinski definition) is 3. The number of aryl methyl sites for hydroxylation is 1. The molecule has 0 radical (unpaired) electrons. The lowest BCUT2D eigenvalue weighted by Crippen LogP contribution is -2.03. The summed E-state index contributed by atoms with van der Waals surface area (Å²) < 4.78 is 19.0.